The second-order valence-electron chi connectivity index (χ2n) is 16.8. The highest BCUT2D eigenvalue weighted by Crippen LogP contribution is 2.43. The third kappa shape index (κ3) is 9.19. The maximum absolute atomic E-state index is 16.9. The summed E-state index contributed by atoms with van der Waals surface area (Å²) in [5, 5.41) is 19.6. The van der Waals surface area contributed by atoms with Gasteiger partial charge in [0.2, 0.25) is 0 Å². The van der Waals surface area contributed by atoms with Crippen LogP contribution in [0.1, 0.15) is 74.7 Å². The van der Waals surface area contributed by atoms with Crippen molar-refractivity contribution < 1.29 is 52.4 Å². The number of aromatic nitrogens is 5. The largest absolute Gasteiger partial charge is 0.455 e. The molecule has 3 saturated heterocycles. The zero-order valence-electron chi connectivity index (χ0n) is 35.7. The molecule has 13 atom stereocenters. The number of hydrogen-bond donors (Lipinski definition) is 1. The summed E-state index contributed by atoms with van der Waals surface area (Å²) in [7, 11) is 5.00. The maximum Gasteiger partial charge on any atom is 0.411 e. The first-order chi connectivity index (χ1) is 27.7. The van der Waals surface area contributed by atoms with E-state index >= 15 is 4.39 Å². The minimum Gasteiger partial charge on any atom is -0.455 e. The first-order valence-electron chi connectivity index (χ1n) is 20.0. The average Bonchev–Trinajstić information content (AvgIpc) is 3.78. The van der Waals surface area contributed by atoms with Crippen molar-refractivity contribution in [3.8, 4) is 23.4 Å². The van der Waals surface area contributed by atoms with Crippen LogP contribution in [0.3, 0.4) is 0 Å². The second-order valence-corrected chi connectivity index (χ2v) is 16.8. The zero-order valence-corrected chi connectivity index (χ0v) is 35.7. The molecule has 1 amide bonds. The molecule has 324 valence electrons. The third-order valence-corrected chi connectivity index (χ3v) is 12.1. The highest BCUT2D eigenvalue weighted by molar-refractivity contribution is 6.08. The topological polar surface area (TPSA) is 198 Å². The Morgan fingerprint density at radius 1 is 1.03 bits per heavy atom. The quantitative estimate of drug-likeness (QED) is 0.231. The molecule has 0 saturated carbocycles. The molecule has 5 rings (SSSR count). The molecule has 59 heavy (non-hydrogen) atoms. The molecule has 2 aromatic rings. The molecule has 3 unspecified atom stereocenters. The number of esters is 1. The fourth-order valence-corrected chi connectivity index (χ4v) is 8.83. The standard InChI is InChI=1S/C41H58FN7O10/c1-12-29-41(8)32(49(38(54)59-41)19-14-13-18-48-22-27(45-46-48)35-43-16-15-17-44-35)25(4)30(50)23(2)21-39(6,55-11)34(26(5)33(52)40(7,42)37(53)57-29)58-36-31(51)28(47(9)10)20-24(3)56-36/h15-17,22-26,28-29,31-32,34,36,51H,12,18-21H2,1-11H3/t23-,24?,25+,26+,28?,29-,31?,32-,34-,36+,39-,40+,41-/m1/s1. The number of alkyl halides is 1. The fourth-order valence-electron chi connectivity index (χ4n) is 8.83. The van der Waals surface area contributed by atoms with E-state index in [1.54, 1.807) is 52.4 Å². The minimum atomic E-state index is -3.21. The van der Waals surface area contributed by atoms with E-state index in [4.69, 9.17) is 23.7 Å². The van der Waals surface area contributed by atoms with Gasteiger partial charge < -0.3 is 33.7 Å². The molecular formula is C41H58FN7O10. The van der Waals surface area contributed by atoms with Gasteiger partial charge in [0.25, 0.3) is 5.67 Å². The smallest absolute Gasteiger partial charge is 0.411 e. The monoisotopic (exact) mass is 827 g/mol. The van der Waals surface area contributed by atoms with Crippen LogP contribution in [-0.4, -0.2) is 151 Å². The zero-order chi connectivity index (χ0) is 43.6. The van der Waals surface area contributed by atoms with E-state index in [0.717, 1.165) is 6.92 Å². The van der Waals surface area contributed by atoms with Crippen LogP contribution in [0, 0.1) is 29.6 Å². The van der Waals surface area contributed by atoms with Gasteiger partial charge >= 0.3 is 12.1 Å². The molecule has 3 aliphatic rings. The molecule has 18 heteroatoms. The van der Waals surface area contributed by atoms with Gasteiger partial charge in [-0.15, -0.1) is 5.10 Å². The second kappa shape index (κ2) is 18.1. The Morgan fingerprint density at radius 2 is 1.69 bits per heavy atom. The number of cyclic esters (lactones) is 1. The molecule has 0 aliphatic carbocycles. The number of likely N-dealkylation sites (N-methyl/N-ethyl adjacent to an activating group) is 1. The van der Waals surface area contributed by atoms with Crippen LogP contribution in [0.25, 0.3) is 11.5 Å². The van der Waals surface area contributed by atoms with Gasteiger partial charge in [0, 0.05) is 43.3 Å². The number of aliphatic hydroxyl groups is 1. The number of rotatable bonds is 8. The Bertz CT molecular complexity index is 1900. The highest BCUT2D eigenvalue weighted by Gasteiger charge is 2.61. The SMILES string of the molecule is CC[C@H]1OC(=O)[C@@](C)(F)C(=O)[C@H](C)[C@@H](O[C@@H]2OC(C)CC(N(C)C)C2O)[C@](C)(OC)C[C@@H](C)C(=O)[C@H](C)[C@H]2N(CC#CCn3cc(-c4ncccn4)nn3)C(=O)O[C@]12C. The third-order valence-electron chi connectivity index (χ3n) is 12.1. The van der Waals surface area contributed by atoms with Crippen LogP contribution in [0.4, 0.5) is 9.18 Å². The van der Waals surface area contributed by atoms with Crippen molar-refractivity contribution in [2.45, 2.75) is 141 Å². The van der Waals surface area contributed by atoms with Gasteiger partial charge in [-0.2, -0.15) is 0 Å². The van der Waals surface area contributed by atoms with Crippen LogP contribution in [0.2, 0.25) is 0 Å². The van der Waals surface area contributed by atoms with Gasteiger partial charge in [-0.25, -0.2) is 28.6 Å². The lowest BCUT2D eigenvalue weighted by molar-refractivity contribution is -0.295. The summed E-state index contributed by atoms with van der Waals surface area (Å²) >= 11 is 0. The van der Waals surface area contributed by atoms with Crippen molar-refractivity contribution in [3.63, 3.8) is 0 Å². The van der Waals surface area contributed by atoms with E-state index in [2.05, 4.69) is 32.1 Å². The van der Waals surface area contributed by atoms with Crippen molar-refractivity contribution in [2.24, 2.45) is 17.8 Å². The van der Waals surface area contributed by atoms with Crippen LogP contribution in [0.5, 0.6) is 0 Å². The number of carbonyl (C=O) groups excluding carboxylic acids is 4. The predicted molar refractivity (Wildman–Crippen MR) is 209 cm³/mol. The van der Waals surface area contributed by atoms with Crippen LogP contribution in [-0.2, 0) is 44.6 Å². The number of amides is 1. The highest BCUT2D eigenvalue weighted by atomic mass is 19.1. The molecule has 1 N–H and O–H groups in total. The molecular weight excluding hydrogens is 769 g/mol. The Hall–Kier alpha value is -4.41. The summed E-state index contributed by atoms with van der Waals surface area (Å²) in [6.45, 7) is 12.2. The number of methoxy groups -OCH3 is 1. The number of nitrogens with zero attached hydrogens (tertiary/aromatic N) is 7. The molecule has 3 fully saturated rings. The summed E-state index contributed by atoms with van der Waals surface area (Å²) in [4.78, 5) is 68.0. The summed E-state index contributed by atoms with van der Waals surface area (Å²) in [6.07, 6.45) is -0.937. The number of aliphatic hydroxyl groups excluding tert-OH is 1. The lowest BCUT2D eigenvalue weighted by Gasteiger charge is -2.47. The summed E-state index contributed by atoms with van der Waals surface area (Å²) < 4.78 is 48.7. The molecule has 0 radical (unpaired) electrons. The predicted octanol–water partition coefficient (Wildman–Crippen LogP) is 3.03. The van der Waals surface area contributed by atoms with E-state index in [1.807, 2.05) is 25.9 Å². The van der Waals surface area contributed by atoms with Crippen LogP contribution >= 0.6 is 0 Å². The first-order valence-corrected chi connectivity index (χ1v) is 20.0. The molecule has 0 spiro atoms. The van der Waals surface area contributed by atoms with Gasteiger partial charge in [0.05, 0.1) is 36.6 Å². The van der Waals surface area contributed by atoms with Gasteiger partial charge in [-0.1, -0.05) is 44.7 Å². The van der Waals surface area contributed by atoms with Crippen molar-refractivity contribution in [1.82, 2.24) is 34.8 Å². The van der Waals surface area contributed by atoms with Crippen LogP contribution in [0.15, 0.2) is 24.7 Å². The summed E-state index contributed by atoms with van der Waals surface area (Å²) in [5.41, 5.74) is -5.92. The van der Waals surface area contributed by atoms with Gasteiger partial charge in [-0.05, 0) is 67.1 Å². The van der Waals surface area contributed by atoms with E-state index < -0.39 is 83.1 Å². The lowest BCUT2D eigenvalue weighted by Crippen LogP contribution is -2.61. The van der Waals surface area contributed by atoms with Crippen molar-refractivity contribution in [3.05, 3.63) is 24.7 Å². The Morgan fingerprint density at radius 3 is 2.32 bits per heavy atom. The Labute approximate surface area is 344 Å². The minimum absolute atomic E-state index is 0.0389. The van der Waals surface area contributed by atoms with Gasteiger partial charge in [-0.3, -0.25) is 14.5 Å². The number of carbonyl (C=O) groups is 4. The normalized spacial score (nSPS) is 37.3. The number of ether oxygens (including phenoxy) is 5. The number of hydrogen-bond acceptors (Lipinski definition) is 15. The Kier molecular flexibility index (Phi) is 14.0. The van der Waals surface area contributed by atoms with Crippen molar-refractivity contribution >= 4 is 23.6 Å². The lowest BCUT2D eigenvalue weighted by atomic mass is 9.73. The summed E-state index contributed by atoms with van der Waals surface area (Å²) in [5.74, 6) is 0.249. The van der Waals surface area contributed by atoms with E-state index in [9.17, 15) is 24.3 Å². The van der Waals surface area contributed by atoms with E-state index in [1.165, 1.54) is 30.5 Å². The molecule has 5 heterocycles. The number of halogens is 1. The average molecular weight is 828 g/mol. The molecule has 2 aromatic heterocycles. The summed E-state index contributed by atoms with van der Waals surface area (Å²) in [6, 6.07) is 0.256. The van der Waals surface area contributed by atoms with E-state index in [0.29, 0.717) is 17.9 Å². The molecule has 17 nitrogen and oxygen atoms in total. The fraction of sp³-hybridized carbons (Fsp3) is 0.707. The molecule has 0 bridgehead atoms. The molecule has 0 aromatic carbocycles. The number of ketones is 2. The Balaban J connectivity index is 1.50. The first kappa shape index (κ1) is 45.7. The van der Waals surface area contributed by atoms with E-state index in [-0.39, 0.29) is 43.9 Å². The van der Waals surface area contributed by atoms with Crippen molar-refractivity contribution in [2.75, 3.05) is 27.7 Å². The molecule has 3 aliphatic heterocycles. The van der Waals surface area contributed by atoms with Gasteiger partial charge in [0.15, 0.2) is 23.5 Å². The number of fused-ring (bicyclic) bond motifs is 1. The number of Topliss-reactive ketones (excluding diaryl/α,β-unsaturated/α-hetero) is 2. The maximum atomic E-state index is 16.9. The van der Waals surface area contributed by atoms with Crippen molar-refractivity contribution in [1.29, 1.82) is 0 Å². The van der Waals surface area contributed by atoms with Crippen LogP contribution < -0.4 is 0 Å². The van der Waals surface area contributed by atoms with Gasteiger partial charge in [0.1, 0.15) is 30.2 Å².